The number of halogens is 2. The number of carbonyl (C=O) groups excluding carboxylic acids is 1. The lowest BCUT2D eigenvalue weighted by molar-refractivity contribution is -0.149. The van der Waals surface area contributed by atoms with E-state index in [1.165, 1.54) is 0 Å². The second-order valence-corrected chi connectivity index (χ2v) is 6.10. The molecule has 0 saturated carbocycles. The number of carboxylic acid groups (broad SMARTS) is 1. The van der Waals surface area contributed by atoms with Crippen molar-refractivity contribution in [1.82, 2.24) is 4.90 Å². The van der Waals surface area contributed by atoms with Crippen LogP contribution >= 0.6 is 23.2 Å². The Bertz CT molecular complexity index is 579. The van der Waals surface area contributed by atoms with Gasteiger partial charge in [0.15, 0.2) is 0 Å². The fraction of sp³-hybridized carbons (Fsp3) is 0.429. The van der Waals surface area contributed by atoms with E-state index in [0.717, 1.165) is 6.42 Å². The predicted octanol–water partition coefficient (Wildman–Crippen LogP) is 2.87. The number of hydrogen-bond donors (Lipinski definition) is 2. The Morgan fingerprint density at radius 1 is 1.38 bits per heavy atom. The molecule has 0 bridgehead atoms. The molecule has 1 fully saturated rings. The zero-order valence-corrected chi connectivity index (χ0v) is 13.0. The summed E-state index contributed by atoms with van der Waals surface area (Å²) in [7, 11) is 0. The van der Waals surface area contributed by atoms with E-state index in [0.29, 0.717) is 28.7 Å². The number of aliphatic carboxylic acids is 1. The van der Waals surface area contributed by atoms with Crippen molar-refractivity contribution in [2.24, 2.45) is 0 Å². The first-order valence-corrected chi connectivity index (χ1v) is 7.32. The molecule has 1 unspecified atom stereocenters. The number of hydrogen-bond acceptors (Lipinski definition) is 3. The maximum atomic E-state index is 12.1. The Morgan fingerprint density at radius 3 is 2.71 bits per heavy atom. The second-order valence-electron chi connectivity index (χ2n) is 5.28. The smallest absolute Gasteiger partial charge is 0.323 e. The molecule has 1 amide bonds. The van der Waals surface area contributed by atoms with Gasteiger partial charge in [0.25, 0.3) is 0 Å². The second kappa shape index (κ2) is 6.22. The first-order valence-electron chi connectivity index (χ1n) is 6.56. The topological polar surface area (TPSA) is 69.6 Å². The van der Waals surface area contributed by atoms with Crippen molar-refractivity contribution in [1.29, 1.82) is 0 Å². The summed E-state index contributed by atoms with van der Waals surface area (Å²) in [5.74, 6) is -1.18. The zero-order valence-electron chi connectivity index (χ0n) is 11.5. The Balaban J connectivity index is 2.01. The third-order valence-corrected chi connectivity index (χ3v) is 4.53. The summed E-state index contributed by atoms with van der Waals surface area (Å²) in [5, 5.41) is 12.8. The van der Waals surface area contributed by atoms with E-state index in [1.54, 1.807) is 30.0 Å². The Hall–Kier alpha value is -1.30. The molecule has 21 heavy (non-hydrogen) atoms. The number of anilines is 1. The van der Waals surface area contributed by atoms with Gasteiger partial charge >= 0.3 is 5.97 Å². The molecule has 1 heterocycles. The minimum absolute atomic E-state index is 0.0308. The average molecular weight is 331 g/mol. The van der Waals surface area contributed by atoms with E-state index < -0.39 is 11.5 Å². The minimum atomic E-state index is -0.977. The number of likely N-dealkylation sites (tertiary alicyclic amines) is 1. The number of nitrogens with zero attached hydrogens (tertiary/aromatic N) is 1. The number of carboxylic acids is 1. The van der Waals surface area contributed by atoms with Crippen LogP contribution < -0.4 is 5.32 Å². The van der Waals surface area contributed by atoms with Gasteiger partial charge in [0, 0.05) is 5.69 Å². The summed E-state index contributed by atoms with van der Waals surface area (Å²) in [6.07, 6.45) is 1.31. The van der Waals surface area contributed by atoms with Gasteiger partial charge in [-0.25, -0.2) is 0 Å². The quantitative estimate of drug-likeness (QED) is 0.890. The molecular formula is C14H16Cl2N2O3. The van der Waals surface area contributed by atoms with Gasteiger partial charge in [0.05, 0.1) is 16.6 Å². The molecule has 7 heteroatoms. The van der Waals surface area contributed by atoms with Crippen molar-refractivity contribution in [3.8, 4) is 0 Å². The molecule has 0 radical (unpaired) electrons. The van der Waals surface area contributed by atoms with E-state index >= 15 is 0 Å². The number of benzene rings is 1. The van der Waals surface area contributed by atoms with Gasteiger partial charge in [0.2, 0.25) is 5.91 Å². The molecule has 0 spiro atoms. The van der Waals surface area contributed by atoms with Crippen molar-refractivity contribution in [3.63, 3.8) is 0 Å². The fourth-order valence-electron chi connectivity index (χ4n) is 2.46. The highest BCUT2D eigenvalue weighted by Gasteiger charge is 2.43. The van der Waals surface area contributed by atoms with Crippen LogP contribution in [-0.4, -0.2) is 40.5 Å². The van der Waals surface area contributed by atoms with Gasteiger partial charge < -0.3 is 10.4 Å². The van der Waals surface area contributed by atoms with E-state index in [9.17, 15) is 14.7 Å². The maximum absolute atomic E-state index is 12.1. The number of carbonyl (C=O) groups is 2. The van der Waals surface area contributed by atoms with E-state index in [2.05, 4.69) is 5.32 Å². The maximum Gasteiger partial charge on any atom is 0.323 e. The molecule has 1 aliphatic rings. The number of rotatable bonds is 4. The highest BCUT2D eigenvalue weighted by molar-refractivity contribution is 6.42. The van der Waals surface area contributed by atoms with E-state index in [4.69, 9.17) is 23.2 Å². The largest absolute Gasteiger partial charge is 0.480 e. The molecule has 2 rings (SSSR count). The summed E-state index contributed by atoms with van der Waals surface area (Å²) >= 11 is 11.7. The van der Waals surface area contributed by atoms with Gasteiger partial charge in [-0.1, -0.05) is 23.2 Å². The van der Waals surface area contributed by atoms with E-state index in [-0.39, 0.29) is 12.5 Å². The lowest BCUT2D eigenvalue weighted by Gasteiger charge is -2.30. The standard InChI is InChI=1S/C14H16Cl2N2O3/c1-14(13(20)21)5-2-6-18(14)8-12(19)17-9-3-4-10(15)11(16)7-9/h3-4,7H,2,5-6,8H2,1H3,(H,17,19)(H,20,21). The van der Waals surface area contributed by atoms with Crippen LogP contribution in [0.5, 0.6) is 0 Å². The van der Waals surface area contributed by atoms with Gasteiger partial charge in [0.1, 0.15) is 5.54 Å². The molecule has 1 atom stereocenters. The van der Waals surface area contributed by atoms with Crippen LogP contribution in [0.15, 0.2) is 18.2 Å². The Labute approximate surface area is 132 Å². The lowest BCUT2D eigenvalue weighted by Crippen LogP contribution is -2.50. The van der Waals surface area contributed by atoms with Gasteiger partial charge in [-0.3, -0.25) is 14.5 Å². The molecule has 1 aromatic carbocycles. The average Bonchev–Trinajstić information content (AvgIpc) is 2.77. The SMILES string of the molecule is CC1(C(=O)O)CCCN1CC(=O)Nc1ccc(Cl)c(Cl)c1. The van der Waals surface area contributed by atoms with Crippen molar-refractivity contribution in [2.45, 2.75) is 25.3 Å². The zero-order chi connectivity index (χ0) is 15.6. The van der Waals surface area contributed by atoms with Crippen molar-refractivity contribution >= 4 is 40.8 Å². The molecule has 0 aromatic heterocycles. The first kappa shape index (κ1) is 16.1. The van der Waals surface area contributed by atoms with Crippen LogP contribution in [0.2, 0.25) is 10.0 Å². The lowest BCUT2D eigenvalue weighted by atomic mass is 9.99. The summed E-state index contributed by atoms with van der Waals surface area (Å²) in [6, 6.07) is 4.80. The number of nitrogens with one attached hydrogen (secondary N) is 1. The first-order chi connectivity index (χ1) is 9.83. The minimum Gasteiger partial charge on any atom is -0.480 e. The molecule has 5 nitrogen and oxygen atoms in total. The normalized spacial score (nSPS) is 22.2. The Kier molecular flexibility index (Phi) is 4.76. The third kappa shape index (κ3) is 3.48. The molecule has 114 valence electrons. The summed E-state index contributed by atoms with van der Waals surface area (Å²) < 4.78 is 0. The van der Waals surface area contributed by atoms with Crippen LogP contribution in [0, 0.1) is 0 Å². The van der Waals surface area contributed by atoms with E-state index in [1.807, 2.05) is 0 Å². The van der Waals surface area contributed by atoms with Crippen molar-refractivity contribution in [3.05, 3.63) is 28.2 Å². The van der Waals surface area contributed by atoms with Crippen LogP contribution in [0.25, 0.3) is 0 Å². The van der Waals surface area contributed by atoms with Crippen LogP contribution in [-0.2, 0) is 9.59 Å². The highest BCUT2D eigenvalue weighted by Crippen LogP contribution is 2.29. The van der Waals surface area contributed by atoms with Gasteiger partial charge in [-0.2, -0.15) is 0 Å². The van der Waals surface area contributed by atoms with Crippen molar-refractivity contribution in [2.75, 3.05) is 18.4 Å². The highest BCUT2D eigenvalue weighted by atomic mass is 35.5. The monoisotopic (exact) mass is 330 g/mol. The molecule has 0 aliphatic carbocycles. The summed E-state index contributed by atoms with van der Waals surface area (Å²) in [5.41, 5.74) is -0.444. The Morgan fingerprint density at radius 2 is 2.10 bits per heavy atom. The summed E-state index contributed by atoms with van der Waals surface area (Å²) in [4.78, 5) is 25.1. The van der Waals surface area contributed by atoms with Crippen LogP contribution in [0.3, 0.4) is 0 Å². The number of amides is 1. The van der Waals surface area contributed by atoms with Gasteiger partial charge in [-0.15, -0.1) is 0 Å². The van der Waals surface area contributed by atoms with Crippen LogP contribution in [0.4, 0.5) is 5.69 Å². The fourth-order valence-corrected chi connectivity index (χ4v) is 2.76. The molecule has 1 saturated heterocycles. The predicted molar refractivity (Wildman–Crippen MR) is 81.9 cm³/mol. The third-order valence-electron chi connectivity index (χ3n) is 3.79. The van der Waals surface area contributed by atoms with Gasteiger partial charge in [-0.05, 0) is 44.5 Å². The molecule has 1 aromatic rings. The summed E-state index contributed by atoms with van der Waals surface area (Å²) in [6.45, 7) is 2.27. The van der Waals surface area contributed by atoms with Crippen molar-refractivity contribution < 1.29 is 14.7 Å². The van der Waals surface area contributed by atoms with Crippen LogP contribution in [0.1, 0.15) is 19.8 Å². The molecule has 1 aliphatic heterocycles. The molecular weight excluding hydrogens is 315 g/mol. The molecule has 2 N–H and O–H groups in total.